The van der Waals surface area contributed by atoms with Crippen molar-refractivity contribution in [1.29, 1.82) is 10.5 Å². The van der Waals surface area contributed by atoms with Gasteiger partial charge in [-0.15, -0.1) is 0 Å². The molecule has 0 heterocycles. The smallest absolute Gasteiger partial charge is 0.251 e. The molecule has 0 aromatic rings. The minimum Gasteiger partial charge on any atom is -0.251 e. The maximum Gasteiger partial charge on any atom is 2.00 e. The Kier molecular flexibility index (Phi) is 104. The molecule has 0 rings (SSSR count). The normalized spacial score (nSPS) is 2.29. The number of nitriles is 2. The summed E-state index contributed by atoms with van der Waals surface area (Å²) in [4.78, 5) is 0. The Labute approximate surface area is 55.8 Å². The quantitative estimate of drug-likeness (QED) is 0.357. The summed E-state index contributed by atoms with van der Waals surface area (Å²) in [5.41, 5.74) is 0. The standard InChI is InChI=1S/2CH3BN.Cu/c2*2-1-3;/h2*2H3;/q2*-1;+2. The van der Waals surface area contributed by atoms with E-state index in [-0.39, 0.29) is 32.8 Å². The maximum atomic E-state index is 7.43. The van der Waals surface area contributed by atoms with Gasteiger partial charge < -0.3 is 0 Å². The average Bonchev–Trinajstić information content (AvgIpc) is 1.39. The molecule has 0 unspecified atom stereocenters. The molecule has 0 aromatic carbocycles. The van der Waals surface area contributed by atoms with Gasteiger partial charge >= 0.3 is 17.1 Å². The minimum absolute atomic E-state index is 0. The van der Waals surface area contributed by atoms with Gasteiger partial charge in [0.1, 0.15) is 0 Å². The largest absolute Gasteiger partial charge is 2.00 e. The Morgan fingerprint density at radius 3 is 1.00 bits per heavy atom. The van der Waals surface area contributed by atoms with Gasteiger partial charge in [-0.25, -0.2) is 0 Å². The second kappa shape index (κ2) is 45.4. The molecule has 1 radical (unpaired) electrons. The summed E-state index contributed by atoms with van der Waals surface area (Å²) in [6, 6.07) is 0. The van der Waals surface area contributed by atoms with Crippen LogP contribution in [-0.2, 0) is 17.1 Å². The number of hydrogen-bond acceptors (Lipinski definition) is 2. The number of rotatable bonds is 0. The summed E-state index contributed by atoms with van der Waals surface area (Å²) in [5, 5.41) is 14.9. The van der Waals surface area contributed by atoms with E-state index in [1.54, 1.807) is 0 Å². The predicted molar refractivity (Wildman–Crippen MR) is 31.1 cm³/mol. The van der Waals surface area contributed by atoms with Crippen molar-refractivity contribution >= 4 is 15.7 Å². The first-order chi connectivity index (χ1) is 2.83. The predicted octanol–water partition coefficient (Wildman–Crippen LogP) is -2.34. The molecule has 41 valence electrons. The molecule has 5 heteroatoms. The molecule has 0 fully saturated rings. The molecule has 0 aromatic heterocycles. The van der Waals surface area contributed by atoms with E-state index >= 15 is 0 Å². The van der Waals surface area contributed by atoms with Gasteiger partial charge in [0.05, 0.1) is 15.7 Å². The molecule has 0 N–H and O–H groups in total. The summed E-state index contributed by atoms with van der Waals surface area (Å²) in [6.45, 7) is 0. The first kappa shape index (κ1) is 15.9. The minimum atomic E-state index is 0. The molecule has 0 aliphatic carbocycles. The first-order valence-corrected chi connectivity index (χ1v) is 0.447. The molecule has 7 heavy (non-hydrogen) atoms. The first-order valence-electron chi connectivity index (χ1n) is 0.447. The zero-order valence-corrected chi connectivity index (χ0v) is 3.14. The fraction of sp³-hybridized carbons (Fsp3) is 0. The molecule has 2 nitrogen and oxygen atoms in total. The molecular formula is C2H6B2CuN2. The van der Waals surface area contributed by atoms with Crippen molar-refractivity contribution in [2.75, 3.05) is 0 Å². The fourth-order valence-electron chi connectivity index (χ4n) is 0. The van der Waals surface area contributed by atoms with Gasteiger partial charge in [-0.2, -0.15) is 11.9 Å². The summed E-state index contributed by atoms with van der Waals surface area (Å²) in [5.74, 6) is 4.00. The Hall–Kier alpha value is -0.371. The average molecular weight is 143 g/mol. The Bertz CT molecular complexity index is 68.7. The van der Waals surface area contributed by atoms with Crippen LogP contribution >= 0.6 is 0 Å². The summed E-state index contributed by atoms with van der Waals surface area (Å²) >= 11 is 0. The van der Waals surface area contributed by atoms with E-state index in [2.05, 4.69) is 0 Å². The summed E-state index contributed by atoms with van der Waals surface area (Å²) < 4.78 is 0. The monoisotopic (exact) mass is 143 g/mol. The van der Waals surface area contributed by atoms with Crippen molar-refractivity contribution in [3.8, 4) is 11.9 Å². The van der Waals surface area contributed by atoms with Crippen molar-refractivity contribution in [3.63, 3.8) is 0 Å². The number of hydrogen-bond donors (Lipinski definition) is 0. The molecule has 0 aliphatic heterocycles. The molecule has 0 aliphatic rings. The van der Waals surface area contributed by atoms with E-state index in [0.29, 0.717) is 0 Å². The van der Waals surface area contributed by atoms with E-state index in [4.69, 9.17) is 10.5 Å². The van der Waals surface area contributed by atoms with E-state index in [1.807, 2.05) is 11.9 Å². The van der Waals surface area contributed by atoms with Crippen LogP contribution in [0.25, 0.3) is 0 Å². The van der Waals surface area contributed by atoms with Gasteiger partial charge in [-0.3, -0.25) is 10.5 Å². The van der Waals surface area contributed by atoms with Crippen LogP contribution in [0.2, 0.25) is 0 Å². The summed E-state index contributed by atoms with van der Waals surface area (Å²) in [6.07, 6.45) is 0. The van der Waals surface area contributed by atoms with Crippen LogP contribution in [0.1, 0.15) is 0 Å². The van der Waals surface area contributed by atoms with Crippen LogP contribution in [0, 0.1) is 22.5 Å². The second-order valence-corrected chi connectivity index (χ2v) is 0. The van der Waals surface area contributed by atoms with Crippen LogP contribution in [-0.4, -0.2) is 15.7 Å². The van der Waals surface area contributed by atoms with Gasteiger partial charge in [0.2, 0.25) is 0 Å². The van der Waals surface area contributed by atoms with Crippen LogP contribution in [0.4, 0.5) is 0 Å². The zero-order chi connectivity index (χ0) is 5.41. The van der Waals surface area contributed by atoms with Gasteiger partial charge in [0.25, 0.3) is 0 Å². The van der Waals surface area contributed by atoms with Gasteiger partial charge in [0.15, 0.2) is 0 Å². The topological polar surface area (TPSA) is 47.6 Å². The van der Waals surface area contributed by atoms with Crippen LogP contribution in [0.5, 0.6) is 0 Å². The molecule has 0 saturated heterocycles. The Morgan fingerprint density at radius 1 is 1.00 bits per heavy atom. The van der Waals surface area contributed by atoms with Gasteiger partial charge in [-0.1, -0.05) is 0 Å². The van der Waals surface area contributed by atoms with Crippen molar-refractivity contribution in [2.24, 2.45) is 0 Å². The van der Waals surface area contributed by atoms with Gasteiger partial charge in [-0.05, 0) is 0 Å². The molecule has 0 saturated carbocycles. The molecule has 0 spiro atoms. The zero-order valence-electron chi connectivity index (χ0n) is 2.20. The summed E-state index contributed by atoms with van der Waals surface area (Å²) in [7, 11) is 0.139. The van der Waals surface area contributed by atoms with Crippen LogP contribution in [0.15, 0.2) is 0 Å². The van der Waals surface area contributed by atoms with Crippen molar-refractivity contribution in [2.45, 2.75) is 0 Å². The van der Waals surface area contributed by atoms with Crippen LogP contribution < -0.4 is 0 Å². The molecule has 0 atom stereocenters. The van der Waals surface area contributed by atoms with Crippen molar-refractivity contribution in [1.82, 2.24) is 0 Å². The van der Waals surface area contributed by atoms with Crippen molar-refractivity contribution in [3.05, 3.63) is 0 Å². The Morgan fingerprint density at radius 2 is 1.00 bits per heavy atom. The fourth-order valence-corrected chi connectivity index (χ4v) is 0. The third-order valence-electron chi connectivity index (χ3n) is 0. The van der Waals surface area contributed by atoms with E-state index in [1.165, 1.54) is 0 Å². The van der Waals surface area contributed by atoms with Crippen molar-refractivity contribution < 1.29 is 17.1 Å². The van der Waals surface area contributed by atoms with Gasteiger partial charge in [0, 0.05) is 0 Å². The van der Waals surface area contributed by atoms with E-state index in [0.717, 1.165) is 0 Å². The van der Waals surface area contributed by atoms with E-state index in [9.17, 15) is 0 Å². The molecule has 0 amide bonds. The third kappa shape index (κ3) is 540. The van der Waals surface area contributed by atoms with E-state index < -0.39 is 0 Å². The second-order valence-electron chi connectivity index (χ2n) is 0. The molecule has 0 bridgehead atoms. The molecular weight excluding hydrogens is 137 g/mol. The number of nitrogens with zero attached hydrogens (tertiary/aromatic N) is 2. The Balaban J connectivity index is -0.0000000400. The van der Waals surface area contributed by atoms with Crippen LogP contribution in [0.3, 0.4) is 0 Å². The SMILES string of the molecule is [BH3-]C#N.[BH3-]C#N.[Cu+2]. The third-order valence-corrected chi connectivity index (χ3v) is 0. The maximum absolute atomic E-state index is 7.43.